The van der Waals surface area contributed by atoms with Crippen molar-refractivity contribution in [1.29, 1.82) is 0 Å². The van der Waals surface area contributed by atoms with E-state index in [-0.39, 0.29) is 12.2 Å². The Labute approximate surface area is 146 Å². The molecule has 0 aliphatic heterocycles. The molecule has 9 heteroatoms. The molecular formula is C17H13F3N4O2. The van der Waals surface area contributed by atoms with Crippen LogP contribution in [0, 0.1) is 10.1 Å². The third-order valence-electron chi connectivity index (χ3n) is 3.66. The van der Waals surface area contributed by atoms with Crippen molar-refractivity contribution in [3.8, 4) is 5.69 Å². The van der Waals surface area contributed by atoms with Crippen LogP contribution in [0.25, 0.3) is 5.69 Å². The Morgan fingerprint density at radius 1 is 1.15 bits per heavy atom. The van der Waals surface area contributed by atoms with Crippen LogP contribution in [0.3, 0.4) is 0 Å². The highest BCUT2D eigenvalue weighted by Crippen LogP contribution is 2.35. The largest absolute Gasteiger partial charge is 0.416 e. The Morgan fingerprint density at radius 2 is 1.88 bits per heavy atom. The summed E-state index contributed by atoms with van der Waals surface area (Å²) in [7, 11) is 0. The van der Waals surface area contributed by atoms with Gasteiger partial charge in [0.15, 0.2) is 0 Å². The van der Waals surface area contributed by atoms with Crippen LogP contribution in [0.5, 0.6) is 0 Å². The Hall–Kier alpha value is -3.36. The number of para-hydroxylation sites is 1. The molecule has 0 aliphatic carbocycles. The van der Waals surface area contributed by atoms with Crippen LogP contribution in [-0.2, 0) is 12.7 Å². The number of nitrogens with one attached hydrogen (secondary N) is 1. The SMILES string of the molecule is O=[N+]([O-])c1cc(C(F)(F)F)ccc1NCc1cnn(-c2ccccc2)c1. The number of hydrogen-bond acceptors (Lipinski definition) is 4. The first kappa shape index (κ1) is 17.5. The van der Waals surface area contributed by atoms with Crippen LogP contribution in [0.1, 0.15) is 11.1 Å². The molecule has 0 unspecified atom stereocenters. The van der Waals surface area contributed by atoms with E-state index < -0.39 is 22.4 Å². The summed E-state index contributed by atoms with van der Waals surface area (Å²) >= 11 is 0. The predicted octanol–water partition coefficient (Wildman–Crippen LogP) is 4.41. The zero-order chi connectivity index (χ0) is 18.7. The molecule has 0 amide bonds. The van der Waals surface area contributed by atoms with Gasteiger partial charge >= 0.3 is 6.18 Å². The second kappa shape index (κ2) is 6.87. The number of anilines is 1. The van der Waals surface area contributed by atoms with Gasteiger partial charge in [0.05, 0.1) is 22.4 Å². The molecule has 0 aliphatic rings. The first-order valence-corrected chi connectivity index (χ1v) is 7.53. The van der Waals surface area contributed by atoms with Crippen molar-refractivity contribution in [2.75, 3.05) is 5.32 Å². The summed E-state index contributed by atoms with van der Waals surface area (Å²) in [5, 5.41) is 18.1. The average molecular weight is 362 g/mol. The van der Waals surface area contributed by atoms with Crippen molar-refractivity contribution in [1.82, 2.24) is 9.78 Å². The lowest BCUT2D eigenvalue weighted by Gasteiger charge is -2.10. The van der Waals surface area contributed by atoms with Gasteiger partial charge in [-0.1, -0.05) is 18.2 Å². The minimum absolute atomic E-state index is 0.00969. The summed E-state index contributed by atoms with van der Waals surface area (Å²) in [5.74, 6) is 0. The number of aromatic nitrogens is 2. The van der Waals surface area contributed by atoms with Crippen LogP contribution in [0.4, 0.5) is 24.5 Å². The quantitative estimate of drug-likeness (QED) is 0.539. The maximum absolute atomic E-state index is 12.7. The summed E-state index contributed by atoms with van der Waals surface area (Å²) < 4.78 is 39.8. The minimum atomic E-state index is -4.64. The fourth-order valence-corrected chi connectivity index (χ4v) is 2.38. The number of hydrogen-bond donors (Lipinski definition) is 1. The van der Waals surface area contributed by atoms with Crippen molar-refractivity contribution in [2.24, 2.45) is 0 Å². The number of nitrogens with zero attached hydrogens (tertiary/aromatic N) is 3. The van der Waals surface area contributed by atoms with E-state index in [4.69, 9.17) is 0 Å². The third kappa shape index (κ3) is 3.82. The van der Waals surface area contributed by atoms with Gasteiger partial charge in [-0.15, -0.1) is 0 Å². The van der Waals surface area contributed by atoms with Gasteiger partial charge in [-0.25, -0.2) is 4.68 Å². The van der Waals surface area contributed by atoms with E-state index in [1.807, 2.05) is 30.3 Å². The molecule has 1 heterocycles. The van der Waals surface area contributed by atoms with E-state index in [1.165, 1.54) is 0 Å². The fraction of sp³-hybridized carbons (Fsp3) is 0.118. The van der Waals surface area contributed by atoms with E-state index in [2.05, 4.69) is 10.4 Å². The number of alkyl halides is 3. The molecule has 0 spiro atoms. The van der Waals surface area contributed by atoms with Crippen LogP contribution < -0.4 is 5.32 Å². The molecule has 6 nitrogen and oxygen atoms in total. The maximum Gasteiger partial charge on any atom is 0.416 e. The van der Waals surface area contributed by atoms with Gasteiger partial charge in [-0.3, -0.25) is 10.1 Å². The number of benzene rings is 2. The first-order chi connectivity index (χ1) is 12.3. The van der Waals surface area contributed by atoms with Crippen molar-refractivity contribution in [3.05, 3.63) is 82.2 Å². The van der Waals surface area contributed by atoms with Crippen molar-refractivity contribution in [3.63, 3.8) is 0 Å². The summed E-state index contributed by atoms with van der Waals surface area (Å²) in [4.78, 5) is 10.2. The van der Waals surface area contributed by atoms with Gasteiger partial charge in [0, 0.05) is 24.4 Å². The first-order valence-electron chi connectivity index (χ1n) is 7.53. The van der Waals surface area contributed by atoms with Crippen LogP contribution in [0.15, 0.2) is 60.9 Å². The lowest BCUT2D eigenvalue weighted by atomic mass is 10.1. The smallest absolute Gasteiger partial charge is 0.375 e. The zero-order valence-electron chi connectivity index (χ0n) is 13.3. The van der Waals surface area contributed by atoms with Crippen molar-refractivity contribution in [2.45, 2.75) is 12.7 Å². The topological polar surface area (TPSA) is 73.0 Å². The van der Waals surface area contributed by atoms with Gasteiger partial charge < -0.3 is 5.32 Å². The highest BCUT2D eigenvalue weighted by Gasteiger charge is 2.33. The maximum atomic E-state index is 12.7. The Bertz CT molecular complexity index is 923. The van der Waals surface area contributed by atoms with E-state index in [9.17, 15) is 23.3 Å². The molecule has 0 saturated heterocycles. The van der Waals surface area contributed by atoms with Gasteiger partial charge in [0.1, 0.15) is 5.69 Å². The fourth-order valence-electron chi connectivity index (χ4n) is 2.38. The highest BCUT2D eigenvalue weighted by atomic mass is 19.4. The molecule has 1 N–H and O–H groups in total. The molecule has 0 radical (unpaired) electrons. The lowest BCUT2D eigenvalue weighted by molar-refractivity contribution is -0.384. The van der Waals surface area contributed by atoms with Crippen molar-refractivity contribution < 1.29 is 18.1 Å². The molecule has 134 valence electrons. The summed E-state index contributed by atoms with van der Waals surface area (Å²) in [6.07, 6.45) is -1.33. The number of rotatable bonds is 5. The predicted molar refractivity (Wildman–Crippen MR) is 89.0 cm³/mol. The van der Waals surface area contributed by atoms with Crippen molar-refractivity contribution >= 4 is 11.4 Å². The monoisotopic (exact) mass is 362 g/mol. The lowest BCUT2D eigenvalue weighted by Crippen LogP contribution is -2.08. The zero-order valence-corrected chi connectivity index (χ0v) is 13.3. The second-order valence-electron chi connectivity index (χ2n) is 5.47. The van der Waals surface area contributed by atoms with Gasteiger partial charge in [-0.05, 0) is 24.3 Å². The molecule has 0 fully saturated rings. The number of nitro benzene ring substituents is 1. The number of nitro groups is 1. The molecule has 3 rings (SSSR count). The van der Waals surface area contributed by atoms with E-state index >= 15 is 0 Å². The standard InChI is InChI=1S/C17H13F3N4O2/c18-17(19,20)13-6-7-15(16(8-13)24(25)26)21-9-12-10-22-23(11-12)14-4-2-1-3-5-14/h1-8,10-11,21H,9H2. The molecule has 0 bridgehead atoms. The highest BCUT2D eigenvalue weighted by molar-refractivity contribution is 5.63. The number of halogens is 3. The van der Waals surface area contributed by atoms with E-state index in [0.29, 0.717) is 6.07 Å². The average Bonchev–Trinajstić information content (AvgIpc) is 3.08. The van der Waals surface area contributed by atoms with E-state index in [0.717, 1.165) is 23.4 Å². The van der Waals surface area contributed by atoms with Crippen LogP contribution >= 0.6 is 0 Å². The van der Waals surface area contributed by atoms with Gasteiger partial charge in [0.2, 0.25) is 0 Å². The Kier molecular flexibility index (Phi) is 4.61. The molecule has 26 heavy (non-hydrogen) atoms. The molecule has 0 saturated carbocycles. The second-order valence-corrected chi connectivity index (χ2v) is 5.47. The summed E-state index contributed by atoms with van der Waals surface area (Å²) in [5.41, 5.74) is -0.111. The normalized spacial score (nSPS) is 11.3. The van der Waals surface area contributed by atoms with E-state index in [1.54, 1.807) is 17.1 Å². The van der Waals surface area contributed by atoms with Gasteiger partial charge in [0.25, 0.3) is 5.69 Å². The molecule has 0 atom stereocenters. The van der Waals surface area contributed by atoms with Gasteiger partial charge in [-0.2, -0.15) is 18.3 Å². The molecular weight excluding hydrogens is 349 g/mol. The summed E-state index contributed by atoms with van der Waals surface area (Å²) in [6.45, 7) is 0.180. The molecule has 2 aromatic carbocycles. The van der Waals surface area contributed by atoms with Crippen LogP contribution in [-0.4, -0.2) is 14.7 Å². The third-order valence-corrected chi connectivity index (χ3v) is 3.66. The molecule has 1 aromatic heterocycles. The Balaban J connectivity index is 1.78. The van der Waals surface area contributed by atoms with Crippen LogP contribution in [0.2, 0.25) is 0 Å². The summed E-state index contributed by atoms with van der Waals surface area (Å²) in [6, 6.07) is 11.7. The Morgan fingerprint density at radius 3 is 2.54 bits per heavy atom. The minimum Gasteiger partial charge on any atom is -0.375 e. The molecule has 3 aromatic rings.